The molecule has 0 fully saturated rings. The van der Waals surface area contributed by atoms with Gasteiger partial charge in [-0.25, -0.2) is 9.97 Å². The van der Waals surface area contributed by atoms with E-state index in [1.165, 1.54) is 0 Å². The predicted octanol–water partition coefficient (Wildman–Crippen LogP) is 2.01. The molecule has 0 bridgehead atoms. The summed E-state index contributed by atoms with van der Waals surface area (Å²) < 4.78 is 36.7. The minimum Gasteiger partial charge on any atom is -0.368 e. The summed E-state index contributed by atoms with van der Waals surface area (Å²) in [5.74, 6) is -0.404. The van der Waals surface area contributed by atoms with Crippen LogP contribution in [0.2, 0.25) is 0 Å². The first kappa shape index (κ1) is 10.5. The number of nitrogens with zero attached hydrogens (tertiary/aromatic N) is 2. The highest BCUT2D eigenvalue weighted by Gasteiger charge is 2.36. The molecule has 0 unspecified atom stereocenters. The second-order valence-electron chi connectivity index (χ2n) is 2.03. The Morgan fingerprint density at radius 2 is 2.08 bits per heavy atom. The molecule has 1 heterocycles. The predicted molar refractivity (Wildman–Crippen MR) is 46.3 cm³/mol. The first-order valence-corrected chi connectivity index (χ1v) is 4.83. The monoisotopic (exact) mass is 227 g/mol. The SMILES string of the molecule is Nc1ncc(SS)c(C(F)(F)F)n1. The molecule has 8 heteroatoms. The van der Waals surface area contributed by atoms with E-state index in [1.54, 1.807) is 0 Å². The number of nitrogens with two attached hydrogens (primary N) is 1. The van der Waals surface area contributed by atoms with Crippen LogP contribution in [0, 0.1) is 0 Å². The van der Waals surface area contributed by atoms with E-state index in [2.05, 4.69) is 21.6 Å². The first-order chi connectivity index (χ1) is 5.95. The molecule has 3 nitrogen and oxygen atoms in total. The van der Waals surface area contributed by atoms with E-state index >= 15 is 0 Å². The van der Waals surface area contributed by atoms with Crippen LogP contribution in [0.15, 0.2) is 11.1 Å². The Morgan fingerprint density at radius 3 is 2.54 bits per heavy atom. The molecule has 0 spiro atoms. The molecule has 1 aromatic rings. The van der Waals surface area contributed by atoms with Gasteiger partial charge in [0.2, 0.25) is 5.95 Å². The Balaban J connectivity index is 3.24. The molecule has 0 radical (unpaired) electrons. The molecule has 0 saturated heterocycles. The molecule has 0 aliphatic rings. The molecule has 13 heavy (non-hydrogen) atoms. The normalized spacial score (nSPS) is 11.7. The highest BCUT2D eigenvalue weighted by molar-refractivity contribution is 8.68. The Hall–Kier alpha value is -0.630. The van der Waals surface area contributed by atoms with E-state index < -0.39 is 17.8 Å². The van der Waals surface area contributed by atoms with Crippen molar-refractivity contribution in [2.75, 3.05) is 5.73 Å². The highest BCUT2D eigenvalue weighted by Crippen LogP contribution is 2.36. The molecular weight excluding hydrogens is 223 g/mol. The van der Waals surface area contributed by atoms with E-state index in [-0.39, 0.29) is 4.90 Å². The fraction of sp³-hybridized carbons (Fsp3) is 0.200. The van der Waals surface area contributed by atoms with Gasteiger partial charge in [-0.2, -0.15) is 13.2 Å². The van der Waals surface area contributed by atoms with Gasteiger partial charge in [0.05, 0.1) is 4.90 Å². The first-order valence-electron chi connectivity index (χ1n) is 2.96. The largest absolute Gasteiger partial charge is 0.434 e. The average molecular weight is 227 g/mol. The van der Waals surface area contributed by atoms with Crippen LogP contribution in [0.4, 0.5) is 19.1 Å². The number of nitrogen functional groups attached to an aromatic ring is 1. The van der Waals surface area contributed by atoms with Crippen LogP contribution in [0.3, 0.4) is 0 Å². The Kier molecular flexibility index (Phi) is 2.91. The lowest BCUT2D eigenvalue weighted by molar-refractivity contribution is -0.143. The lowest BCUT2D eigenvalue weighted by Gasteiger charge is -2.08. The van der Waals surface area contributed by atoms with Gasteiger partial charge in [-0.15, -0.1) is 11.7 Å². The summed E-state index contributed by atoms with van der Waals surface area (Å²) in [7, 11) is 0.625. The summed E-state index contributed by atoms with van der Waals surface area (Å²) in [6, 6.07) is 0. The maximum atomic E-state index is 12.2. The molecule has 0 aliphatic heterocycles. The number of anilines is 1. The summed E-state index contributed by atoms with van der Waals surface area (Å²) in [6.07, 6.45) is -3.54. The van der Waals surface area contributed by atoms with E-state index in [0.29, 0.717) is 10.8 Å². The molecule has 0 aromatic carbocycles. The van der Waals surface area contributed by atoms with Gasteiger partial charge in [-0.3, -0.25) is 0 Å². The second-order valence-corrected chi connectivity index (χ2v) is 3.20. The van der Waals surface area contributed by atoms with Gasteiger partial charge < -0.3 is 5.73 Å². The fourth-order valence-corrected chi connectivity index (χ4v) is 1.40. The molecule has 0 atom stereocenters. The third-order valence-electron chi connectivity index (χ3n) is 1.14. The number of hydrogen-bond acceptors (Lipinski definition) is 5. The van der Waals surface area contributed by atoms with Crippen molar-refractivity contribution in [3.05, 3.63) is 11.9 Å². The van der Waals surface area contributed by atoms with E-state index in [9.17, 15) is 13.2 Å². The Labute approximate surface area is 80.8 Å². The van der Waals surface area contributed by atoms with Crippen molar-refractivity contribution in [1.82, 2.24) is 9.97 Å². The number of rotatable bonds is 1. The van der Waals surface area contributed by atoms with Crippen LogP contribution in [-0.4, -0.2) is 9.97 Å². The van der Waals surface area contributed by atoms with Crippen molar-refractivity contribution in [3.63, 3.8) is 0 Å². The summed E-state index contributed by atoms with van der Waals surface area (Å²) >= 11 is 3.64. The molecule has 1 rings (SSSR count). The summed E-state index contributed by atoms with van der Waals surface area (Å²) in [5.41, 5.74) is 3.97. The molecule has 0 saturated carbocycles. The zero-order chi connectivity index (χ0) is 10.1. The van der Waals surface area contributed by atoms with Gasteiger partial charge in [-0.1, -0.05) is 10.8 Å². The minimum absolute atomic E-state index is 0.162. The number of thiol groups is 1. The van der Waals surface area contributed by atoms with Crippen molar-refractivity contribution in [1.29, 1.82) is 0 Å². The van der Waals surface area contributed by atoms with Gasteiger partial charge in [0.1, 0.15) is 0 Å². The number of hydrogen-bond donors (Lipinski definition) is 2. The second kappa shape index (κ2) is 3.62. The summed E-state index contributed by atoms with van der Waals surface area (Å²) in [6.45, 7) is 0. The van der Waals surface area contributed by atoms with Gasteiger partial charge in [-0.05, 0) is 0 Å². The van der Waals surface area contributed by atoms with Crippen molar-refractivity contribution in [2.45, 2.75) is 11.1 Å². The topological polar surface area (TPSA) is 51.8 Å². The Morgan fingerprint density at radius 1 is 1.46 bits per heavy atom. The zero-order valence-corrected chi connectivity index (χ0v) is 7.75. The lowest BCUT2D eigenvalue weighted by Crippen LogP contribution is -2.11. The van der Waals surface area contributed by atoms with Crippen LogP contribution in [0.1, 0.15) is 5.69 Å². The van der Waals surface area contributed by atoms with Crippen molar-refractivity contribution < 1.29 is 13.2 Å². The van der Waals surface area contributed by atoms with Gasteiger partial charge in [0, 0.05) is 6.20 Å². The van der Waals surface area contributed by atoms with Crippen LogP contribution in [0.25, 0.3) is 0 Å². The summed E-state index contributed by atoms with van der Waals surface area (Å²) in [5, 5.41) is 0. The van der Waals surface area contributed by atoms with Crippen molar-refractivity contribution in [2.24, 2.45) is 0 Å². The maximum Gasteiger partial charge on any atom is 0.434 e. The Bertz CT molecular complexity index is 314. The van der Waals surface area contributed by atoms with Gasteiger partial charge in [0.15, 0.2) is 5.69 Å². The van der Waals surface area contributed by atoms with Crippen LogP contribution in [0.5, 0.6) is 0 Å². The summed E-state index contributed by atoms with van der Waals surface area (Å²) in [4.78, 5) is 6.35. The van der Waals surface area contributed by atoms with Crippen LogP contribution in [-0.2, 0) is 6.18 Å². The third kappa shape index (κ3) is 2.41. The molecule has 2 N–H and O–H groups in total. The van der Waals surface area contributed by atoms with Crippen LogP contribution >= 0.6 is 22.5 Å². The highest BCUT2D eigenvalue weighted by atomic mass is 33.1. The fourth-order valence-electron chi connectivity index (χ4n) is 0.654. The maximum absolute atomic E-state index is 12.2. The number of halogens is 3. The van der Waals surface area contributed by atoms with Crippen molar-refractivity contribution >= 4 is 28.4 Å². The van der Waals surface area contributed by atoms with E-state index in [0.717, 1.165) is 6.20 Å². The van der Waals surface area contributed by atoms with Crippen LogP contribution < -0.4 is 5.73 Å². The molecule has 72 valence electrons. The number of alkyl halides is 3. The number of aromatic nitrogens is 2. The van der Waals surface area contributed by atoms with Gasteiger partial charge >= 0.3 is 6.18 Å². The smallest absolute Gasteiger partial charge is 0.368 e. The van der Waals surface area contributed by atoms with Crippen molar-refractivity contribution in [3.8, 4) is 0 Å². The molecule has 1 aromatic heterocycles. The quantitative estimate of drug-likeness (QED) is 0.569. The van der Waals surface area contributed by atoms with Gasteiger partial charge in [0.25, 0.3) is 0 Å². The van der Waals surface area contributed by atoms with E-state index in [4.69, 9.17) is 5.73 Å². The molecule has 0 aliphatic carbocycles. The molecular formula is C5H4F3N3S2. The average Bonchev–Trinajstić information content (AvgIpc) is 2.03. The third-order valence-corrected chi connectivity index (χ3v) is 2.23. The zero-order valence-electron chi connectivity index (χ0n) is 6.04. The minimum atomic E-state index is -4.53. The standard InChI is InChI=1S/C5H4F3N3S2/c6-5(7,8)3-2(13-12)1-10-4(9)11-3/h1,12H,(H2,9,10,11). The lowest BCUT2D eigenvalue weighted by atomic mass is 10.4. The van der Waals surface area contributed by atoms with E-state index in [1.807, 2.05) is 0 Å². The molecule has 0 amide bonds.